The second-order valence-electron chi connectivity index (χ2n) is 4.93. The average Bonchev–Trinajstić information content (AvgIpc) is 2.95. The Morgan fingerprint density at radius 1 is 1.08 bits per heavy atom. The van der Waals surface area contributed by atoms with Crippen LogP contribution in [0.4, 0.5) is 0 Å². The molecule has 0 saturated carbocycles. The number of cyclic esters (lactones) is 1. The van der Waals surface area contributed by atoms with E-state index in [1.807, 2.05) is 30.3 Å². The predicted octanol–water partition coefficient (Wildman–Crippen LogP) is 3.81. The molecule has 0 bridgehead atoms. The Labute approximate surface area is 147 Å². The summed E-state index contributed by atoms with van der Waals surface area (Å²) in [7, 11) is 3.13. The smallest absolute Gasteiger partial charge is 0.363 e. The Balaban J connectivity index is 1.96. The molecule has 0 N–H and O–H groups in total. The van der Waals surface area contributed by atoms with Gasteiger partial charge in [-0.15, -0.1) is 0 Å². The van der Waals surface area contributed by atoms with Gasteiger partial charge in [-0.1, -0.05) is 18.2 Å². The summed E-state index contributed by atoms with van der Waals surface area (Å²) in [6.07, 6.45) is 1.65. The molecule has 1 heterocycles. The van der Waals surface area contributed by atoms with Crippen LogP contribution in [0.15, 0.2) is 57.6 Å². The number of carbonyl (C=O) groups excluding carboxylic acids is 1. The van der Waals surface area contributed by atoms with Crippen molar-refractivity contribution < 1.29 is 19.0 Å². The third-order valence-corrected chi connectivity index (χ3v) is 4.13. The molecule has 0 radical (unpaired) electrons. The van der Waals surface area contributed by atoms with Crippen LogP contribution in [-0.2, 0) is 9.53 Å². The maximum absolute atomic E-state index is 12.1. The molecule has 5 nitrogen and oxygen atoms in total. The second kappa shape index (κ2) is 6.88. The lowest BCUT2D eigenvalue weighted by Gasteiger charge is -2.07. The standard InChI is InChI=1S/C18H14BrNO4/c1-22-15-8-7-11(10-16(15)23-2)9-14-18(21)24-17(20-14)12-5-3-4-6-13(12)19/h3-10H,1-2H3. The molecule has 0 amide bonds. The molecule has 3 rings (SSSR count). The normalized spacial score (nSPS) is 15.2. The number of methoxy groups -OCH3 is 2. The van der Waals surface area contributed by atoms with Crippen molar-refractivity contribution in [2.75, 3.05) is 14.2 Å². The first-order chi connectivity index (χ1) is 11.6. The predicted molar refractivity (Wildman–Crippen MR) is 94.3 cm³/mol. The van der Waals surface area contributed by atoms with E-state index in [9.17, 15) is 4.79 Å². The van der Waals surface area contributed by atoms with Crippen molar-refractivity contribution in [1.82, 2.24) is 0 Å². The van der Waals surface area contributed by atoms with Crippen molar-refractivity contribution in [3.05, 3.63) is 63.8 Å². The lowest BCUT2D eigenvalue weighted by Crippen LogP contribution is -2.05. The van der Waals surface area contributed by atoms with Gasteiger partial charge in [0.2, 0.25) is 5.90 Å². The number of hydrogen-bond donors (Lipinski definition) is 0. The SMILES string of the molecule is COc1ccc(C=C2N=C(c3ccccc3Br)OC2=O)cc1OC. The lowest BCUT2D eigenvalue weighted by molar-refractivity contribution is -0.129. The molecule has 122 valence electrons. The van der Waals surface area contributed by atoms with E-state index in [0.717, 1.165) is 15.6 Å². The number of esters is 1. The van der Waals surface area contributed by atoms with Crippen LogP contribution < -0.4 is 9.47 Å². The molecule has 0 aromatic heterocycles. The van der Waals surface area contributed by atoms with Gasteiger partial charge >= 0.3 is 5.97 Å². The summed E-state index contributed by atoms with van der Waals surface area (Å²) >= 11 is 3.43. The molecule has 2 aromatic carbocycles. The highest BCUT2D eigenvalue weighted by atomic mass is 79.9. The van der Waals surface area contributed by atoms with Crippen LogP contribution in [0.5, 0.6) is 11.5 Å². The van der Waals surface area contributed by atoms with Gasteiger partial charge in [0.25, 0.3) is 0 Å². The molecular formula is C18H14BrNO4. The van der Waals surface area contributed by atoms with Gasteiger partial charge in [-0.25, -0.2) is 9.79 Å². The number of carbonyl (C=O) groups is 1. The topological polar surface area (TPSA) is 57.1 Å². The molecule has 0 fully saturated rings. The van der Waals surface area contributed by atoms with Gasteiger partial charge in [0, 0.05) is 4.47 Å². The molecule has 1 aliphatic rings. The molecule has 2 aromatic rings. The van der Waals surface area contributed by atoms with E-state index in [1.165, 1.54) is 0 Å². The zero-order valence-corrected chi connectivity index (χ0v) is 14.7. The maximum Gasteiger partial charge on any atom is 0.363 e. The maximum atomic E-state index is 12.1. The molecular weight excluding hydrogens is 374 g/mol. The molecule has 6 heteroatoms. The highest BCUT2D eigenvalue weighted by molar-refractivity contribution is 9.10. The first kappa shape index (κ1) is 16.3. The Bertz CT molecular complexity index is 858. The third kappa shape index (κ3) is 3.19. The van der Waals surface area contributed by atoms with Crippen molar-refractivity contribution >= 4 is 33.9 Å². The summed E-state index contributed by atoms with van der Waals surface area (Å²) in [5.74, 6) is 0.981. The Hall–Kier alpha value is -2.60. The van der Waals surface area contributed by atoms with Gasteiger partial charge in [-0.3, -0.25) is 0 Å². The zero-order chi connectivity index (χ0) is 17.1. The summed E-state index contributed by atoms with van der Waals surface area (Å²) in [5, 5.41) is 0. The van der Waals surface area contributed by atoms with Crippen LogP contribution in [0.3, 0.4) is 0 Å². The number of aliphatic imine (C=N–C) groups is 1. The summed E-state index contributed by atoms with van der Waals surface area (Å²) in [6.45, 7) is 0. The van der Waals surface area contributed by atoms with E-state index in [1.54, 1.807) is 32.4 Å². The molecule has 1 aliphatic heterocycles. The van der Waals surface area contributed by atoms with Gasteiger partial charge in [0.1, 0.15) is 0 Å². The molecule has 0 atom stereocenters. The van der Waals surface area contributed by atoms with Crippen molar-refractivity contribution in [1.29, 1.82) is 0 Å². The molecule has 0 saturated heterocycles. The van der Waals surface area contributed by atoms with Crippen molar-refractivity contribution in [2.45, 2.75) is 0 Å². The fourth-order valence-corrected chi connectivity index (χ4v) is 2.71. The number of benzene rings is 2. The number of ether oxygens (including phenoxy) is 3. The first-order valence-electron chi connectivity index (χ1n) is 7.12. The monoisotopic (exact) mass is 387 g/mol. The molecule has 24 heavy (non-hydrogen) atoms. The lowest BCUT2D eigenvalue weighted by atomic mass is 10.1. The van der Waals surface area contributed by atoms with E-state index in [0.29, 0.717) is 11.5 Å². The minimum absolute atomic E-state index is 0.230. The van der Waals surface area contributed by atoms with Crippen LogP contribution >= 0.6 is 15.9 Å². The van der Waals surface area contributed by atoms with Crippen LogP contribution in [0.1, 0.15) is 11.1 Å². The van der Waals surface area contributed by atoms with Crippen molar-refractivity contribution in [3.8, 4) is 11.5 Å². The van der Waals surface area contributed by atoms with Gasteiger partial charge < -0.3 is 14.2 Å². The van der Waals surface area contributed by atoms with Crippen molar-refractivity contribution in [2.24, 2.45) is 4.99 Å². The van der Waals surface area contributed by atoms with E-state index >= 15 is 0 Å². The van der Waals surface area contributed by atoms with Gasteiger partial charge in [-0.2, -0.15) is 0 Å². The van der Waals surface area contributed by atoms with Crippen LogP contribution in [0.2, 0.25) is 0 Å². The summed E-state index contributed by atoms with van der Waals surface area (Å²) in [6, 6.07) is 12.8. The number of nitrogens with zero attached hydrogens (tertiary/aromatic N) is 1. The fourth-order valence-electron chi connectivity index (χ4n) is 2.26. The molecule has 0 aliphatic carbocycles. The number of rotatable bonds is 4. The minimum atomic E-state index is -0.490. The van der Waals surface area contributed by atoms with Gasteiger partial charge in [0.05, 0.1) is 19.8 Å². The fraction of sp³-hybridized carbons (Fsp3) is 0.111. The van der Waals surface area contributed by atoms with Crippen molar-refractivity contribution in [3.63, 3.8) is 0 Å². The van der Waals surface area contributed by atoms with E-state index < -0.39 is 5.97 Å². The zero-order valence-electron chi connectivity index (χ0n) is 13.1. The third-order valence-electron chi connectivity index (χ3n) is 3.44. The van der Waals surface area contributed by atoms with E-state index in [-0.39, 0.29) is 11.6 Å². The van der Waals surface area contributed by atoms with E-state index in [4.69, 9.17) is 14.2 Å². The summed E-state index contributed by atoms with van der Waals surface area (Å²) in [5.41, 5.74) is 1.71. The largest absolute Gasteiger partial charge is 0.493 e. The number of halogens is 1. The first-order valence-corrected chi connectivity index (χ1v) is 7.91. The molecule has 0 unspecified atom stereocenters. The summed E-state index contributed by atoms with van der Waals surface area (Å²) in [4.78, 5) is 16.4. The quantitative estimate of drug-likeness (QED) is 0.591. The summed E-state index contributed by atoms with van der Waals surface area (Å²) < 4.78 is 16.5. The van der Waals surface area contributed by atoms with Crippen LogP contribution in [-0.4, -0.2) is 26.1 Å². The minimum Gasteiger partial charge on any atom is -0.493 e. The van der Waals surface area contributed by atoms with Gasteiger partial charge in [-0.05, 0) is 51.8 Å². The Morgan fingerprint density at radius 3 is 2.54 bits per heavy atom. The van der Waals surface area contributed by atoms with Gasteiger partial charge in [0.15, 0.2) is 17.2 Å². The van der Waals surface area contributed by atoms with Crippen LogP contribution in [0.25, 0.3) is 6.08 Å². The average molecular weight is 388 g/mol. The second-order valence-corrected chi connectivity index (χ2v) is 5.78. The highest BCUT2D eigenvalue weighted by Gasteiger charge is 2.25. The van der Waals surface area contributed by atoms with Crippen LogP contribution in [0, 0.1) is 0 Å². The highest BCUT2D eigenvalue weighted by Crippen LogP contribution is 2.29. The van der Waals surface area contributed by atoms with E-state index in [2.05, 4.69) is 20.9 Å². The molecule has 0 spiro atoms. The Kier molecular flexibility index (Phi) is 4.66. The number of hydrogen-bond acceptors (Lipinski definition) is 5. The Morgan fingerprint density at radius 2 is 1.83 bits per heavy atom.